The van der Waals surface area contributed by atoms with E-state index in [9.17, 15) is 14.7 Å². The standard InChI is InChI=1S/C19H18N2O3S/c22-18(23)16-15-12-25-17(14-9-5-2-6-10-14)21(15)19(24)20(16)11-13-7-3-1-4-8-13/h1-10,15-17H,11-12H2,(H,22,23)/t15-,16-,17?/m0/s1. The first-order chi connectivity index (χ1) is 12.2. The summed E-state index contributed by atoms with van der Waals surface area (Å²) in [6.45, 7) is 0.315. The molecule has 1 unspecified atom stereocenters. The molecule has 4 rings (SSSR count). The van der Waals surface area contributed by atoms with E-state index in [2.05, 4.69) is 0 Å². The van der Waals surface area contributed by atoms with Crippen LogP contribution in [0.15, 0.2) is 60.7 Å². The number of fused-ring (bicyclic) bond motifs is 1. The maximum atomic E-state index is 13.1. The largest absolute Gasteiger partial charge is 0.480 e. The van der Waals surface area contributed by atoms with Crippen molar-refractivity contribution < 1.29 is 14.7 Å². The van der Waals surface area contributed by atoms with Crippen molar-refractivity contribution in [2.45, 2.75) is 24.0 Å². The summed E-state index contributed by atoms with van der Waals surface area (Å²) < 4.78 is 0. The highest BCUT2D eigenvalue weighted by atomic mass is 32.2. The molecular weight excluding hydrogens is 336 g/mol. The Morgan fingerprint density at radius 3 is 2.36 bits per heavy atom. The number of aliphatic carboxylic acids is 1. The van der Waals surface area contributed by atoms with Gasteiger partial charge in [-0.1, -0.05) is 60.7 Å². The number of rotatable bonds is 4. The second-order valence-electron chi connectivity index (χ2n) is 6.25. The van der Waals surface area contributed by atoms with E-state index in [1.807, 2.05) is 60.7 Å². The van der Waals surface area contributed by atoms with Gasteiger partial charge in [0.2, 0.25) is 0 Å². The lowest BCUT2D eigenvalue weighted by Gasteiger charge is -2.24. The van der Waals surface area contributed by atoms with Crippen molar-refractivity contribution in [1.29, 1.82) is 0 Å². The Labute approximate surface area is 150 Å². The molecule has 2 aliphatic heterocycles. The summed E-state index contributed by atoms with van der Waals surface area (Å²) in [6.07, 6.45) is 0. The van der Waals surface area contributed by atoms with Gasteiger partial charge in [0.05, 0.1) is 6.04 Å². The van der Waals surface area contributed by atoms with E-state index < -0.39 is 12.0 Å². The Morgan fingerprint density at radius 1 is 1.08 bits per heavy atom. The number of thioether (sulfide) groups is 1. The van der Waals surface area contributed by atoms with Gasteiger partial charge in [0, 0.05) is 12.3 Å². The minimum absolute atomic E-state index is 0.124. The van der Waals surface area contributed by atoms with Crippen LogP contribution < -0.4 is 0 Å². The van der Waals surface area contributed by atoms with Crippen LogP contribution in [0, 0.1) is 0 Å². The monoisotopic (exact) mass is 354 g/mol. The maximum Gasteiger partial charge on any atom is 0.328 e. The number of amides is 2. The zero-order chi connectivity index (χ0) is 17.4. The summed E-state index contributed by atoms with van der Waals surface area (Å²) in [6, 6.07) is 18.0. The van der Waals surface area contributed by atoms with Gasteiger partial charge in [-0.3, -0.25) is 0 Å². The molecule has 0 bridgehead atoms. The van der Waals surface area contributed by atoms with Crippen LogP contribution in [-0.2, 0) is 11.3 Å². The van der Waals surface area contributed by atoms with Gasteiger partial charge in [0.15, 0.2) is 6.04 Å². The van der Waals surface area contributed by atoms with Crippen LogP contribution in [0.4, 0.5) is 4.79 Å². The molecule has 0 saturated carbocycles. The minimum atomic E-state index is -0.939. The van der Waals surface area contributed by atoms with Gasteiger partial charge in [-0.2, -0.15) is 0 Å². The summed E-state index contributed by atoms with van der Waals surface area (Å²) in [5, 5.41) is 9.63. The zero-order valence-corrected chi connectivity index (χ0v) is 14.3. The number of hydrogen-bond donors (Lipinski definition) is 1. The van der Waals surface area contributed by atoms with Crippen LogP contribution in [-0.4, -0.2) is 44.7 Å². The van der Waals surface area contributed by atoms with Gasteiger partial charge in [-0.15, -0.1) is 11.8 Å². The van der Waals surface area contributed by atoms with E-state index in [4.69, 9.17) is 0 Å². The molecule has 2 aliphatic rings. The molecule has 0 radical (unpaired) electrons. The van der Waals surface area contributed by atoms with Crippen molar-refractivity contribution in [3.8, 4) is 0 Å². The third-order valence-electron chi connectivity index (χ3n) is 4.74. The average molecular weight is 354 g/mol. The van der Waals surface area contributed by atoms with Crippen LogP contribution in [0.1, 0.15) is 16.5 Å². The predicted molar refractivity (Wildman–Crippen MR) is 96.1 cm³/mol. The highest BCUT2D eigenvalue weighted by Crippen LogP contribution is 2.47. The van der Waals surface area contributed by atoms with Crippen molar-refractivity contribution >= 4 is 23.8 Å². The molecule has 3 atom stereocenters. The van der Waals surface area contributed by atoms with E-state index in [1.54, 1.807) is 16.7 Å². The lowest BCUT2D eigenvalue weighted by molar-refractivity contribution is -0.142. The summed E-state index contributed by atoms with van der Waals surface area (Å²) in [5.74, 6) is -0.306. The van der Waals surface area contributed by atoms with Crippen molar-refractivity contribution in [1.82, 2.24) is 9.80 Å². The van der Waals surface area contributed by atoms with E-state index >= 15 is 0 Å². The molecule has 5 nitrogen and oxygen atoms in total. The Kier molecular flexibility index (Phi) is 4.13. The fraction of sp³-hybridized carbons (Fsp3) is 0.263. The number of carbonyl (C=O) groups is 2. The molecule has 6 heteroatoms. The number of benzene rings is 2. The molecule has 0 aromatic heterocycles. The van der Waals surface area contributed by atoms with Gasteiger partial charge < -0.3 is 14.9 Å². The summed E-state index contributed by atoms with van der Waals surface area (Å²) >= 11 is 1.64. The summed E-state index contributed by atoms with van der Waals surface area (Å²) in [5.41, 5.74) is 1.97. The second-order valence-corrected chi connectivity index (χ2v) is 7.36. The van der Waals surface area contributed by atoms with E-state index in [-0.39, 0.29) is 17.4 Å². The molecule has 0 aliphatic carbocycles. The fourth-order valence-corrected chi connectivity index (χ4v) is 5.08. The van der Waals surface area contributed by atoms with Gasteiger partial charge in [-0.05, 0) is 11.1 Å². The molecule has 0 spiro atoms. The van der Waals surface area contributed by atoms with E-state index in [0.717, 1.165) is 11.1 Å². The average Bonchev–Trinajstić information content (AvgIpc) is 3.16. The van der Waals surface area contributed by atoms with Gasteiger partial charge in [0.25, 0.3) is 0 Å². The Hall–Kier alpha value is -2.47. The summed E-state index contributed by atoms with van der Waals surface area (Å²) in [4.78, 5) is 28.2. The topological polar surface area (TPSA) is 60.9 Å². The van der Waals surface area contributed by atoms with Crippen LogP contribution in [0.25, 0.3) is 0 Å². The highest BCUT2D eigenvalue weighted by molar-refractivity contribution is 7.99. The third kappa shape index (κ3) is 2.76. The Morgan fingerprint density at radius 2 is 1.72 bits per heavy atom. The quantitative estimate of drug-likeness (QED) is 0.916. The molecule has 128 valence electrons. The van der Waals surface area contributed by atoms with Gasteiger partial charge in [-0.25, -0.2) is 9.59 Å². The van der Waals surface area contributed by atoms with Crippen molar-refractivity contribution in [3.63, 3.8) is 0 Å². The van der Waals surface area contributed by atoms with Crippen molar-refractivity contribution in [3.05, 3.63) is 71.8 Å². The van der Waals surface area contributed by atoms with Gasteiger partial charge in [0.1, 0.15) is 5.37 Å². The molecule has 2 aromatic rings. The minimum Gasteiger partial charge on any atom is -0.480 e. The normalized spacial score (nSPS) is 25.3. The lowest BCUT2D eigenvalue weighted by Crippen LogP contribution is -2.43. The molecule has 25 heavy (non-hydrogen) atoms. The zero-order valence-electron chi connectivity index (χ0n) is 13.5. The molecule has 2 fully saturated rings. The molecule has 2 heterocycles. The number of carbonyl (C=O) groups excluding carboxylic acids is 1. The number of carboxylic acid groups (broad SMARTS) is 1. The molecular formula is C19H18N2O3S. The van der Waals surface area contributed by atoms with Crippen LogP contribution in [0.3, 0.4) is 0 Å². The van der Waals surface area contributed by atoms with Crippen LogP contribution in [0.5, 0.6) is 0 Å². The number of nitrogens with zero attached hydrogens (tertiary/aromatic N) is 2. The molecule has 2 saturated heterocycles. The summed E-state index contributed by atoms with van der Waals surface area (Å²) in [7, 11) is 0. The highest BCUT2D eigenvalue weighted by Gasteiger charge is 2.55. The Balaban J connectivity index is 1.66. The first-order valence-corrected chi connectivity index (χ1v) is 9.24. The predicted octanol–water partition coefficient (Wildman–Crippen LogP) is 3.19. The van der Waals surface area contributed by atoms with Crippen molar-refractivity contribution in [2.75, 3.05) is 5.75 Å². The smallest absolute Gasteiger partial charge is 0.328 e. The number of hydrogen-bond acceptors (Lipinski definition) is 3. The molecule has 1 N–H and O–H groups in total. The number of carboxylic acids is 1. The van der Waals surface area contributed by atoms with Crippen molar-refractivity contribution in [2.24, 2.45) is 0 Å². The molecule has 2 aromatic carbocycles. The SMILES string of the molecule is O=C(O)[C@@H]1[C@@H]2CSC(c3ccccc3)N2C(=O)N1Cc1ccccc1. The third-order valence-corrected chi connectivity index (χ3v) is 6.08. The lowest BCUT2D eigenvalue weighted by atomic mass is 10.1. The van der Waals surface area contributed by atoms with Crippen LogP contribution >= 0.6 is 11.8 Å². The van der Waals surface area contributed by atoms with Gasteiger partial charge >= 0.3 is 12.0 Å². The maximum absolute atomic E-state index is 13.1. The van der Waals surface area contributed by atoms with Crippen LogP contribution in [0.2, 0.25) is 0 Å². The Bertz CT molecular complexity index is 784. The fourth-order valence-electron chi connectivity index (χ4n) is 3.60. The number of urea groups is 1. The molecule has 2 amide bonds. The first kappa shape index (κ1) is 16.0. The van der Waals surface area contributed by atoms with E-state index in [0.29, 0.717) is 12.3 Å². The first-order valence-electron chi connectivity index (χ1n) is 8.19. The second kappa shape index (κ2) is 6.44. The van der Waals surface area contributed by atoms with E-state index in [1.165, 1.54) is 4.90 Å².